The average molecular weight is 490 g/mol. The highest BCUT2D eigenvalue weighted by Gasteiger charge is 2.26. The minimum Gasteiger partial charge on any atom is -0.480 e. The van der Waals surface area contributed by atoms with Gasteiger partial charge in [0.15, 0.2) is 0 Å². The first-order chi connectivity index (χ1) is 14.6. The van der Waals surface area contributed by atoms with Crippen LogP contribution in [0, 0.1) is 16.0 Å². The Morgan fingerprint density at radius 1 is 1.13 bits per heavy atom. The number of carboxylic acid groups (broad SMARTS) is 1. The fourth-order valence-electron chi connectivity index (χ4n) is 2.58. The van der Waals surface area contributed by atoms with Crippen molar-refractivity contribution in [1.29, 1.82) is 0 Å². The molecule has 0 saturated carbocycles. The van der Waals surface area contributed by atoms with Gasteiger partial charge in [0.2, 0.25) is 0 Å². The van der Waals surface area contributed by atoms with E-state index in [2.05, 4.69) is 26.6 Å². The lowest BCUT2D eigenvalue weighted by atomic mass is 10.0. The Morgan fingerprint density at radius 2 is 1.77 bits per heavy atom. The summed E-state index contributed by atoms with van der Waals surface area (Å²) < 4.78 is 0.760. The fourth-order valence-corrected chi connectivity index (χ4v) is 2.85. The van der Waals surface area contributed by atoms with Gasteiger partial charge in [-0.15, -0.1) is 0 Å². The molecule has 0 heterocycles. The third-order valence-corrected chi connectivity index (χ3v) is 4.74. The second kappa shape index (κ2) is 10.5. The molecule has 0 bridgehead atoms. The van der Waals surface area contributed by atoms with Crippen molar-refractivity contribution in [3.05, 3.63) is 79.9 Å². The molecule has 2 amide bonds. The second-order valence-corrected chi connectivity index (χ2v) is 7.82. The molecule has 10 heteroatoms. The van der Waals surface area contributed by atoms with Crippen molar-refractivity contribution in [1.82, 2.24) is 10.6 Å². The van der Waals surface area contributed by atoms with Crippen molar-refractivity contribution < 1.29 is 24.4 Å². The predicted molar refractivity (Wildman–Crippen MR) is 117 cm³/mol. The number of benzene rings is 2. The highest BCUT2D eigenvalue weighted by Crippen LogP contribution is 2.16. The van der Waals surface area contributed by atoms with E-state index < -0.39 is 34.7 Å². The monoisotopic (exact) mass is 489 g/mol. The highest BCUT2D eigenvalue weighted by atomic mass is 79.9. The number of aliphatic carboxylic acids is 1. The van der Waals surface area contributed by atoms with E-state index in [-0.39, 0.29) is 22.5 Å². The molecule has 2 aromatic carbocycles. The molecule has 0 aromatic heterocycles. The van der Waals surface area contributed by atoms with Crippen molar-refractivity contribution in [3.63, 3.8) is 0 Å². The van der Waals surface area contributed by atoms with E-state index in [4.69, 9.17) is 0 Å². The van der Waals surface area contributed by atoms with Crippen LogP contribution in [0.5, 0.6) is 0 Å². The molecule has 1 atom stereocenters. The Hall–Kier alpha value is -3.53. The zero-order valence-electron chi connectivity index (χ0n) is 16.7. The maximum atomic E-state index is 12.8. The number of rotatable bonds is 8. The maximum absolute atomic E-state index is 12.8. The van der Waals surface area contributed by atoms with Gasteiger partial charge in [-0.2, -0.15) is 0 Å². The smallest absolute Gasteiger partial charge is 0.326 e. The lowest BCUT2D eigenvalue weighted by molar-refractivity contribution is -0.384. The summed E-state index contributed by atoms with van der Waals surface area (Å²) in [7, 11) is 0. The van der Waals surface area contributed by atoms with Gasteiger partial charge < -0.3 is 15.7 Å². The van der Waals surface area contributed by atoms with E-state index in [9.17, 15) is 29.6 Å². The number of nitrogens with zero attached hydrogens (tertiary/aromatic N) is 1. The summed E-state index contributed by atoms with van der Waals surface area (Å²) in [6.45, 7) is 3.26. The zero-order valence-corrected chi connectivity index (χ0v) is 18.3. The predicted octanol–water partition coefficient (Wildman–Crippen LogP) is 3.35. The number of nitrogens with one attached hydrogen (secondary N) is 2. The van der Waals surface area contributed by atoms with E-state index in [0.717, 1.165) is 4.47 Å². The molecular weight excluding hydrogens is 470 g/mol. The Bertz CT molecular complexity index is 1030. The van der Waals surface area contributed by atoms with Gasteiger partial charge in [0.25, 0.3) is 17.5 Å². The largest absolute Gasteiger partial charge is 0.480 e. The fraction of sp³-hybridized carbons (Fsp3) is 0.190. The molecule has 2 rings (SSSR count). The van der Waals surface area contributed by atoms with Crippen LogP contribution < -0.4 is 10.6 Å². The lowest BCUT2D eigenvalue weighted by Crippen LogP contribution is -2.47. The quantitative estimate of drug-likeness (QED) is 0.295. The number of amides is 2. The van der Waals surface area contributed by atoms with E-state index in [1.807, 2.05) is 0 Å². The molecule has 0 saturated heterocycles. The molecule has 31 heavy (non-hydrogen) atoms. The molecule has 9 nitrogen and oxygen atoms in total. The van der Waals surface area contributed by atoms with Crippen LogP contribution in [0.25, 0.3) is 6.08 Å². The highest BCUT2D eigenvalue weighted by molar-refractivity contribution is 9.10. The third-order valence-electron chi connectivity index (χ3n) is 4.21. The van der Waals surface area contributed by atoms with Gasteiger partial charge in [-0.3, -0.25) is 19.7 Å². The van der Waals surface area contributed by atoms with Gasteiger partial charge in [-0.25, -0.2) is 4.79 Å². The van der Waals surface area contributed by atoms with Crippen LogP contribution in [-0.4, -0.2) is 33.9 Å². The summed E-state index contributed by atoms with van der Waals surface area (Å²) in [5.74, 6) is -3.08. The molecule has 0 fully saturated rings. The maximum Gasteiger partial charge on any atom is 0.326 e. The van der Waals surface area contributed by atoms with Crippen LogP contribution in [0.1, 0.15) is 29.8 Å². The zero-order chi connectivity index (χ0) is 23.1. The average Bonchev–Trinajstić information content (AvgIpc) is 2.71. The van der Waals surface area contributed by atoms with Crippen LogP contribution in [0.2, 0.25) is 0 Å². The molecule has 0 unspecified atom stereocenters. The van der Waals surface area contributed by atoms with Gasteiger partial charge in [0, 0.05) is 22.2 Å². The number of carbonyl (C=O) groups excluding carboxylic acids is 2. The van der Waals surface area contributed by atoms with Crippen molar-refractivity contribution in [2.45, 2.75) is 19.9 Å². The van der Waals surface area contributed by atoms with E-state index >= 15 is 0 Å². The minimum absolute atomic E-state index is 0.196. The van der Waals surface area contributed by atoms with Gasteiger partial charge >= 0.3 is 5.97 Å². The minimum atomic E-state index is -1.22. The normalized spacial score (nSPS) is 12.2. The number of carbonyl (C=O) groups is 3. The van der Waals surface area contributed by atoms with Crippen molar-refractivity contribution >= 4 is 45.5 Å². The molecule has 2 aromatic rings. The number of hydrogen-bond acceptors (Lipinski definition) is 5. The van der Waals surface area contributed by atoms with Gasteiger partial charge in [0.1, 0.15) is 11.7 Å². The Morgan fingerprint density at radius 3 is 2.32 bits per heavy atom. The molecule has 0 aliphatic rings. The SMILES string of the molecule is CC(C)[C@H](NC(=O)/C(=C/c1cccc([N+](=O)[O-])c1)NC(=O)c1ccc(Br)cc1)C(=O)O. The molecule has 0 aliphatic carbocycles. The summed E-state index contributed by atoms with van der Waals surface area (Å²) in [5.41, 5.74) is 0.102. The first kappa shape index (κ1) is 23.7. The molecule has 0 spiro atoms. The molecule has 0 aliphatic heterocycles. The first-order valence-corrected chi connectivity index (χ1v) is 9.94. The Balaban J connectivity index is 2.40. The van der Waals surface area contributed by atoms with Gasteiger partial charge in [0.05, 0.1) is 4.92 Å². The molecular formula is C21H20BrN3O6. The van der Waals surface area contributed by atoms with Crippen LogP contribution >= 0.6 is 15.9 Å². The van der Waals surface area contributed by atoms with Crippen molar-refractivity contribution in [2.24, 2.45) is 5.92 Å². The summed E-state index contributed by atoms with van der Waals surface area (Å²) in [5, 5.41) is 25.2. The van der Waals surface area contributed by atoms with Crippen LogP contribution in [0.3, 0.4) is 0 Å². The number of hydrogen-bond donors (Lipinski definition) is 3. The summed E-state index contributed by atoms with van der Waals surface area (Å²) in [6.07, 6.45) is 1.25. The van der Waals surface area contributed by atoms with Crippen LogP contribution in [-0.2, 0) is 9.59 Å². The van der Waals surface area contributed by atoms with Gasteiger partial charge in [-0.1, -0.05) is 41.9 Å². The molecule has 3 N–H and O–H groups in total. The van der Waals surface area contributed by atoms with E-state index in [1.54, 1.807) is 26.0 Å². The number of halogens is 1. The molecule has 0 radical (unpaired) electrons. The summed E-state index contributed by atoms with van der Waals surface area (Å²) in [6, 6.07) is 10.7. The number of non-ortho nitro benzene ring substituents is 1. The lowest BCUT2D eigenvalue weighted by Gasteiger charge is -2.19. The van der Waals surface area contributed by atoms with Crippen molar-refractivity contribution in [3.8, 4) is 0 Å². The van der Waals surface area contributed by atoms with Crippen LogP contribution in [0.15, 0.2) is 58.7 Å². The third kappa shape index (κ3) is 6.75. The number of carboxylic acids is 1. The summed E-state index contributed by atoms with van der Waals surface area (Å²) in [4.78, 5) is 47.3. The van der Waals surface area contributed by atoms with Crippen LogP contribution in [0.4, 0.5) is 5.69 Å². The van der Waals surface area contributed by atoms with E-state index in [0.29, 0.717) is 0 Å². The first-order valence-electron chi connectivity index (χ1n) is 9.15. The van der Waals surface area contributed by atoms with E-state index in [1.165, 1.54) is 42.5 Å². The topological polar surface area (TPSA) is 139 Å². The molecule has 162 valence electrons. The Labute approximate surface area is 186 Å². The van der Waals surface area contributed by atoms with Gasteiger partial charge in [-0.05, 0) is 41.8 Å². The Kier molecular flexibility index (Phi) is 8.03. The number of nitro benzene ring substituents is 1. The summed E-state index contributed by atoms with van der Waals surface area (Å²) >= 11 is 3.27. The van der Waals surface area contributed by atoms with Crippen molar-refractivity contribution in [2.75, 3.05) is 0 Å². The number of nitro groups is 1. The standard InChI is InChI=1S/C21H20BrN3O6/c1-12(2)18(21(28)29)24-20(27)17(11-13-4-3-5-16(10-13)25(30)31)23-19(26)14-6-8-15(22)9-7-14/h3-12,18H,1-2H3,(H,23,26)(H,24,27)(H,28,29)/b17-11-/t18-/m0/s1. The second-order valence-electron chi connectivity index (χ2n) is 6.90.